The first-order valence-electron chi connectivity index (χ1n) is 6.96. The number of nitrogens with zero attached hydrogens (tertiary/aromatic N) is 3. The van der Waals surface area contributed by atoms with Gasteiger partial charge in [-0.2, -0.15) is 4.98 Å². The minimum Gasteiger partial charge on any atom is -0.508 e. The third-order valence-electron chi connectivity index (χ3n) is 3.88. The highest BCUT2D eigenvalue weighted by molar-refractivity contribution is 6.29. The fourth-order valence-electron chi connectivity index (χ4n) is 2.77. The summed E-state index contributed by atoms with van der Waals surface area (Å²) >= 11 is 5.93. The average molecular weight is 305 g/mol. The molecule has 0 unspecified atom stereocenters. The Morgan fingerprint density at radius 1 is 1.14 bits per heavy atom. The Morgan fingerprint density at radius 3 is 2.43 bits per heavy atom. The van der Waals surface area contributed by atoms with Crippen molar-refractivity contribution in [3.8, 4) is 5.75 Å². The number of nitrogens with two attached hydrogens (primary N) is 1. The molecule has 0 spiro atoms. The molecule has 0 radical (unpaired) electrons. The van der Waals surface area contributed by atoms with Gasteiger partial charge in [0.25, 0.3) is 0 Å². The zero-order valence-electron chi connectivity index (χ0n) is 11.5. The van der Waals surface area contributed by atoms with E-state index in [1.165, 1.54) is 5.56 Å². The van der Waals surface area contributed by atoms with E-state index in [4.69, 9.17) is 17.3 Å². The van der Waals surface area contributed by atoms with Gasteiger partial charge in [0.05, 0.1) is 0 Å². The molecule has 1 aromatic carbocycles. The highest BCUT2D eigenvalue weighted by Crippen LogP contribution is 2.31. The average Bonchev–Trinajstić information content (AvgIpc) is 2.47. The molecule has 0 atom stereocenters. The second-order valence-corrected chi connectivity index (χ2v) is 5.65. The van der Waals surface area contributed by atoms with Crippen molar-refractivity contribution in [1.29, 1.82) is 0 Å². The smallest absolute Gasteiger partial charge is 0.223 e. The van der Waals surface area contributed by atoms with E-state index < -0.39 is 0 Å². The number of rotatable bonds is 2. The van der Waals surface area contributed by atoms with Crippen molar-refractivity contribution in [2.45, 2.75) is 18.8 Å². The number of phenols is 1. The zero-order chi connectivity index (χ0) is 14.8. The second-order valence-electron chi connectivity index (χ2n) is 5.26. The molecule has 1 aliphatic heterocycles. The quantitative estimate of drug-likeness (QED) is 0.834. The summed E-state index contributed by atoms with van der Waals surface area (Å²) in [5.41, 5.74) is 6.91. The molecule has 1 saturated heterocycles. The maximum absolute atomic E-state index is 9.35. The number of nitrogen functional groups attached to an aromatic ring is 1. The number of hydrogen-bond donors (Lipinski definition) is 2. The molecule has 6 heteroatoms. The lowest BCUT2D eigenvalue weighted by Gasteiger charge is -2.33. The molecule has 2 aromatic rings. The summed E-state index contributed by atoms with van der Waals surface area (Å²) in [4.78, 5) is 10.3. The Bertz CT molecular complexity index is 604. The number of aromatic nitrogens is 2. The lowest BCUT2D eigenvalue weighted by molar-refractivity contribution is 0.472. The van der Waals surface area contributed by atoms with Crippen molar-refractivity contribution < 1.29 is 5.11 Å². The highest BCUT2D eigenvalue weighted by Gasteiger charge is 2.22. The number of hydrogen-bond acceptors (Lipinski definition) is 5. The van der Waals surface area contributed by atoms with Crippen molar-refractivity contribution in [2.24, 2.45) is 0 Å². The second kappa shape index (κ2) is 5.77. The van der Waals surface area contributed by atoms with Crippen molar-refractivity contribution in [3.05, 3.63) is 41.0 Å². The van der Waals surface area contributed by atoms with E-state index in [0.717, 1.165) is 31.7 Å². The van der Waals surface area contributed by atoms with Gasteiger partial charge in [-0.05, 0) is 36.5 Å². The summed E-state index contributed by atoms with van der Waals surface area (Å²) in [7, 11) is 0. The van der Waals surface area contributed by atoms with Gasteiger partial charge in [-0.15, -0.1) is 0 Å². The SMILES string of the molecule is Nc1nc(Cl)cc(N2CCC(c3ccc(O)cc3)CC2)n1. The van der Waals surface area contributed by atoms with E-state index in [1.807, 2.05) is 12.1 Å². The van der Waals surface area contributed by atoms with Gasteiger partial charge < -0.3 is 15.7 Å². The predicted octanol–water partition coefficient (Wildman–Crippen LogP) is 2.80. The van der Waals surface area contributed by atoms with E-state index in [2.05, 4.69) is 14.9 Å². The molecular formula is C15H17ClN4O. The maximum atomic E-state index is 9.35. The summed E-state index contributed by atoms with van der Waals surface area (Å²) in [6.07, 6.45) is 2.07. The van der Waals surface area contributed by atoms with Crippen molar-refractivity contribution in [3.63, 3.8) is 0 Å². The lowest BCUT2D eigenvalue weighted by Crippen LogP contribution is -2.33. The van der Waals surface area contributed by atoms with Crippen LogP contribution in [0, 0.1) is 0 Å². The van der Waals surface area contributed by atoms with Crippen LogP contribution in [0.1, 0.15) is 24.3 Å². The maximum Gasteiger partial charge on any atom is 0.223 e. The number of piperidine rings is 1. The molecule has 0 bridgehead atoms. The fourth-order valence-corrected chi connectivity index (χ4v) is 2.96. The summed E-state index contributed by atoms with van der Waals surface area (Å²) < 4.78 is 0. The molecule has 110 valence electrons. The van der Waals surface area contributed by atoms with Crippen LogP contribution in [0.25, 0.3) is 0 Å². The minimum atomic E-state index is 0.207. The molecule has 3 N–H and O–H groups in total. The topological polar surface area (TPSA) is 75.3 Å². The molecule has 1 aliphatic rings. The first-order valence-corrected chi connectivity index (χ1v) is 7.33. The van der Waals surface area contributed by atoms with Gasteiger partial charge in [-0.25, -0.2) is 4.98 Å². The molecule has 0 amide bonds. The Hall–Kier alpha value is -2.01. The van der Waals surface area contributed by atoms with Gasteiger partial charge in [-0.1, -0.05) is 23.7 Å². The number of phenolic OH excluding ortho intramolecular Hbond substituents is 1. The van der Waals surface area contributed by atoms with E-state index in [-0.39, 0.29) is 5.95 Å². The van der Waals surface area contributed by atoms with Gasteiger partial charge in [0.2, 0.25) is 5.95 Å². The first kappa shape index (κ1) is 13.9. The number of halogens is 1. The molecule has 1 aromatic heterocycles. The van der Waals surface area contributed by atoms with Crippen LogP contribution in [0.5, 0.6) is 5.75 Å². The summed E-state index contributed by atoms with van der Waals surface area (Å²) in [5.74, 6) is 1.81. The van der Waals surface area contributed by atoms with E-state index in [0.29, 0.717) is 16.8 Å². The summed E-state index contributed by atoms with van der Waals surface area (Å²) in [6, 6.07) is 9.22. The lowest BCUT2D eigenvalue weighted by atomic mass is 9.89. The van der Waals surface area contributed by atoms with Crippen LogP contribution in [-0.4, -0.2) is 28.2 Å². The van der Waals surface area contributed by atoms with Crippen LogP contribution in [0.4, 0.5) is 11.8 Å². The minimum absolute atomic E-state index is 0.207. The number of benzene rings is 1. The molecule has 1 fully saturated rings. The Kier molecular flexibility index (Phi) is 3.84. The van der Waals surface area contributed by atoms with Crippen LogP contribution in [0.3, 0.4) is 0 Å². The van der Waals surface area contributed by atoms with Crippen LogP contribution < -0.4 is 10.6 Å². The zero-order valence-corrected chi connectivity index (χ0v) is 12.3. The van der Waals surface area contributed by atoms with E-state index in [9.17, 15) is 5.11 Å². The third-order valence-corrected chi connectivity index (χ3v) is 4.08. The molecule has 2 heterocycles. The summed E-state index contributed by atoms with van der Waals surface area (Å²) in [6.45, 7) is 1.80. The molecule has 3 rings (SSSR count). The first-order chi connectivity index (χ1) is 10.1. The largest absolute Gasteiger partial charge is 0.508 e. The van der Waals surface area contributed by atoms with Crippen LogP contribution in [-0.2, 0) is 0 Å². The molecule has 0 saturated carbocycles. The summed E-state index contributed by atoms with van der Waals surface area (Å²) in [5, 5.41) is 9.72. The highest BCUT2D eigenvalue weighted by atomic mass is 35.5. The fraction of sp³-hybridized carbons (Fsp3) is 0.333. The van der Waals surface area contributed by atoms with Crippen molar-refractivity contribution in [1.82, 2.24) is 9.97 Å². The van der Waals surface area contributed by atoms with Crippen molar-refractivity contribution in [2.75, 3.05) is 23.7 Å². The molecule has 5 nitrogen and oxygen atoms in total. The Morgan fingerprint density at radius 2 is 1.81 bits per heavy atom. The van der Waals surface area contributed by atoms with E-state index >= 15 is 0 Å². The standard InChI is InChI=1S/C15H17ClN4O/c16-13-9-14(19-15(17)18-13)20-7-5-11(6-8-20)10-1-3-12(21)4-2-10/h1-4,9,11,21H,5-8H2,(H2,17,18,19). The van der Waals surface area contributed by atoms with Crippen molar-refractivity contribution >= 4 is 23.4 Å². The van der Waals surface area contributed by atoms with E-state index in [1.54, 1.807) is 18.2 Å². The number of anilines is 2. The molecule has 21 heavy (non-hydrogen) atoms. The predicted molar refractivity (Wildman–Crippen MR) is 83.7 cm³/mol. The van der Waals surface area contributed by atoms with Gasteiger partial charge in [0.1, 0.15) is 16.7 Å². The van der Waals surface area contributed by atoms with Gasteiger partial charge in [0, 0.05) is 19.2 Å². The molecular weight excluding hydrogens is 288 g/mol. The monoisotopic (exact) mass is 304 g/mol. The Labute approximate surface area is 128 Å². The third kappa shape index (κ3) is 3.19. The van der Waals surface area contributed by atoms with Crippen LogP contribution >= 0.6 is 11.6 Å². The molecule has 0 aliphatic carbocycles. The number of aromatic hydroxyl groups is 1. The van der Waals surface area contributed by atoms with Gasteiger partial charge in [0.15, 0.2) is 0 Å². The normalized spacial score (nSPS) is 16.1. The van der Waals surface area contributed by atoms with Crippen LogP contribution in [0.2, 0.25) is 5.15 Å². The Balaban J connectivity index is 1.68. The van der Waals surface area contributed by atoms with Gasteiger partial charge >= 0.3 is 0 Å². The van der Waals surface area contributed by atoms with Crippen LogP contribution in [0.15, 0.2) is 30.3 Å². The van der Waals surface area contributed by atoms with Gasteiger partial charge in [-0.3, -0.25) is 0 Å².